The maximum Gasteiger partial charge on any atom is 0.117 e. The van der Waals surface area contributed by atoms with Crippen LogP contribution >= 0.6 is 11.6 Å². The maximum atomic E-state index is 11.9. The van der Waals surface area contributed by atoms with Gasteiger partial charge >= 0.3 is 0 Å². The van der Waals surface area contributed by atoms with E-state index in [1.54, 1.807) is 18.2 Å². The van der Waals surface area contributed by atoms with Gasteiger partial charge in [-0.1, -0.05) is 23.7 Å². The van der Waals surface area contributed by atoms with Gasteiger partial charge in [-0.15, -0.1) is 0 Å². The predicted octanol–water partition coefficient (Wildman–Crippen LogP) is 2.08. The molecule has 0 aliphatic carbocycles. The number of halogens is 2. The van der Waals surface area contributed by atoms with Crippen molar-refractivity contribution in [2.75, 3.05) is 18.5 Å². The Hall–Kier alpha value is -0.800. The van der Waals surface area contributed by atoms with Crippen molar-refractivity contribution in [3.8, 4) is 0 Å². The van der Waals surface area contributed by atoms with Crippen LogP contribution in [0.1, 0.15) is 0 Å². The molecule has 0 radical (unpaired) electrons. The van der Waals surface area contributed by atoms with Crippen LogP contribution < -0.4 is 5.32 Å². The van der Waals surface area contributed by atoms with Crippen LogP contribution in [0, 0.1) is 0 Å². The molecule has 2 N–H and O–H groups in total. The quantitative estimate of drug-likeness (QED) is 0.786. The molecule has 0 saturated carbocycles. The average Bonchev–Trinajstić information content (AvgIpc) is 2.16. The molecule has 13 heavy (non-hydrogen) atoms. The van der Waals surface area contributed by atoms with Crippen molar-refractivity contribution in [3.05, 3.63) is 29.3 Å². The van der Waals surface area contributed by atoms with Gasteiger partial charge in [0.05, 0.1) is 16.8 Å². The van der Waals surface area contributed by atoms with Crippen LogP contribution in [-0.4, -0.2) is 24.4 Å². The first-order chi connectivity index (χ1) is 6.24. The van der Waals surface area contributed by atoms with E-state index >= 15 is 0 Å². The minimum absolute atomic E-state index is 0.167. The van der Waals surface area contributed by atoms with Crippen LogP contribution in [0.4, 0.5) is 10.1 Å². The average molecular weight is 204 g/mol. The summed E-state index contributed by atoms with van der Waals surface area (Å²) >= 11 is 5.81. The smallest absolute Gasteiger partial charge is 0.117 e. The van der Waals surface area contributed by atoms with Crippen LogP contribution in [0.5, 0.6) is 0 Å². The molecule has 1 unspecified atom stereocenters. The van der Waals surface area contributed by atoms with Crippen LogP contribution in [-0.2, 0) is 0 Å². The third-order valence-corrected chi connectivity index (χ3v) is 1.91. The van der Waals surface area contributed by atoms with Gasteiger partial charge in [0.1, 0.15) is 6.67 Å². The minimum atomic E-state index is -0.976. The number of anilines is 1. The standard InChI is InChI=1S/C9H11ClFNO/c10-8-3-1-2-4-9(8)12-6-7(13)5-11/h1-4,7,12-13H,5-6H2. The summed E-state index contributed by atoms with van der Waals surface area (Å²) in [4.78, 5) is 0. The SMILES string of the molecule is OC(CF)CNc1ccccc1Cl. The number of aliphatic hydroxyl groups excluding tert-OH is 1. The summed E-state index contributed by atoms with van der Waals surface area (Å²) < 4.78 is 11.9. The number of hydrogen-bond acceptors (Lipinski definition) is 2. The predicted molar refractivity (Wildman–Crippen MR) is 51.9 cm³/mol. The number of hydrogen-bond donors (Lipinski definition) is 2. The van der Waals surface area contributed by atoms with Crippen molar-refractivity contribution < 1.29 is 9.50 Å². The summed E-state index contributed by atoms with van der Waals surface area (Å²) in [5.41, 5.74) is 0.705. The summed E-state index contributed by atoms with van der Waals surface area (Å²) in [6, 6.07) is 7.12. The number of benzene rings is 1. The summed E-state index contributed by atoms with van der Waals surface area (Å²) in [6.45, 7) is -0.586. The fraction of sp³-hybridized carbons (Fsp3) is 0.333. The third-order valence-electron chi connectivity index (χ3n) is 1.58. The second-order valence-corrected chi connectivity index (χ2v) is 3.08. The lowest BCUT2D eigenvalue weighted by Gasteiger charge is -2.10. The highest BCUT2D eigenvalue weighted by atomic mass is 35.5. The zero-order chi connectivity index (χ0) is 9.68. The highest BCUT2D eigenvalue weighted by molar-refractivity contribution is 6.33. The number of nitrogens with one attached hydrogen (secondary N) is 1. The summed E-state index contributed by atoms with van der Waals surface area (Å²) in [5, 5.41) is 12.3. The van der Waals surface area contributed by atoms with E-state index < -0.39 is 12.8 Å². The molecule has 0 aliphatic rings. The Bertz CT molecular complexity index is 270. The van der Waals surface area contributed by atoms with Crippen LogP contribution in [0.15, 0.2) is 24.3 Å². The van der Waals surface area contributed by atoms with Gasteiger partial charge in [0.15, 0.2) is 0 Å². The lowest BCUT2D eigenvalue weighted by Crippen LogP contribution is -2.21. The molecular formula is C9H11ClFNO. The molecule has 1 aromatic rings. The van der Waals surface area contributed by atoms with Crippen molar-refractivity contribution in [2.45, 2.75) is 6.10 Å². The first-order valence-electron chi connectivity index (χ1n) is 3.96. The molecule has 0 amide bonds. The van der Waals surface area contributed by atoms with Crippen LogP contribution in [0.3, 0.4) is 0 Å². The first kappa shape index (κ1) is 10.3. The number of alkyl halides is 1. The molecule has 72 valence electrons. The van der Waals surface area contributed by atoms with Crippen molar-refractivity contribution >= 4 is 17.3 Å². The first-order valence-corrected chi connectivity index (χ1v) is 4.34. The highest BCUT2D eigenvalue weighted by Gasteiger charge is 2.03. The molecule has 0 aromatic heterocycles. The van der Waals surface area contributed by atoms with E-state index in [2.05, 4.69) is 5.32 Å². The normalized spacial score (nSPS) is 12.5. The second-order valence-electron chi connectivity index (χ2n) is 2.67. The van der Waals surface area contributed by atoms with E-state index in [9.17, 15) is 4.39 Å². The fourth-order valence-corrected chi connectivity index (χ4v) is 1.09. The van der Waals surface area contributed by atoms with Crippen LogP contribution in [0.25, 0.3) is 0 Å². The Labute approximate surface area is 81.3 Å². The van der Waals surface area contributed by atoms with E-state index in [1.165, 1.54) is 0 Å². The molecule has 1 aromatic carbocycles. The van der Waals surface area contributed by atoms with Gasteiger partial charge in [-0.2, -0.15) is 0 Å². The van der Waals surface area contributed by atoms with Crippen molar-refractivity contribution in [1.29, 1.82) is 0 Å². The molecule has 0 aliphatic heterocycles. The molecule has 0 bridgehead atoms. The Morgan fingerprint density at radius 2 is 2.15 bits per heavy atom. The topological polar surface area (TPSA) is 32.3 Å². The van der Waals surface area contributed by atoms with Gasteiger partial charge in [0.25, 0.3) is 0 Å². The van der Waals surface area contributed by atoms with Crippen molar-refractivity contribution in [2.24, 2.45) is 0 Å². The van der Waals surface area contributed by atoms with E-state index in [0.717, 1.165) is 0 Å². The van der Waals surface area contributed by atoms with Gasteiger partial charge in [-0.25, -0.2) is 4.39 Å². The monoisotopic (exact) mass is 203 g/mol. The number of rotatable bonds is 4. The second kappa shape index (κ2) is 5.04. The lowest BCUT2D eigenvalue weighted by molar-refractivity contribution is 0.151. The van der Waals surface area contributed by atoms with E-state index in [1.807, 2.05) is 6.07 Å². The summed E-state index contributed by atoms with van der Waals surface area (Å²) in [7, 11) is 0. The van der Waals surface area contributed by atoms with Crippen molar-refractivity contribution in [1.82, 2.24) is 0 Å². The third kappa shape index (κ3) is 3.20. The largest absolute Gasteiger partial charge is 0.389 e. The zero-order valence-electron chi connectivity index (χ0n) is 7.00. The molecule has 4 heteroatoms. The van der Waals surface area contributed by atoms with E-state index in [0.29, 0.717) is 10.7 Å². The zero-order valence-corrected chi connectivity index (χ0v) is 7.76. The molecule has 0 heterocycles. The number of para-hydroxylation sites is 1. The van der Waals surface area contributed by atoms with Gasteiger partial charge in [0.2, 0.25) is 0 Å². The summed E-state index contributed by atoms with van der Waals surface area (Å²) in [5.74, 6) is 0. The Balaban J connectivity index is 2.50. The Kier molecular flexibility index (Phi) is 3.99. The van der Waals surface area contributed by atoms with E-state index in [-0.39, 0.29) is 6.54 Å². The fourth-order valence-electron chi connectivity index (χ4n) is 0.887. The molecular weight excluding hydrogens is 193 g/mol. The van der Waals surface area contributed by atoms with Gasteiger partial charge in [-0.05, 0) is 12.1 Å². The van der Waals surface area contributed by atoms with Crippen LogP contribution in [0.2, 0.25) is 5.02 Å². The number of aliphatic hydroxyl groups is 1. The molecule has 0 fully saturated rings. The molecule has 2 nitrogen and oxygen atoms in total. The maximum absolute atomic E-state index is 11.9. The Morgan fingerprint density at radius 3 is 2.77 bits per heavy atom. The molecule has 0 spiro atoms. The Morgan fingerprint density at radius 1 is 1.46 bits per heavy atom. The minimum Gasteiger partial charge on any atom is -0.389 e. The van der Waals surface area contributed by atoms with Gasteiger partial charge in [-0.3, -0.25) is 0 Å². The van der Waals surface area contributed by atoms with Crippen molar-refractivity contribution in [3.63, 3.8) is 0 Å². The van der Waals surface area contributed by atoms with Gasteiger partial charge in [0, 0.05) is 6.54 Å². The highest BCUT2D eigenvalue weighted by Crippen LogP contribution is 2.19. The molecule has 1 rings (SSSR count). The van der Waals surface area contributed by atoms with Gasteiger partial charge < -0.3 is 10.4 Å². The summed E-state index contributed by atoms with van der Waals surface area (Å²) in [6.07, 6.45) is -0.976. The lowest BCUT2D eigenvalue weighted by atomic mass is 10.3. The molecule has 1 atom stereocenters. The van der Waals surface area contributed by atoms with E-state index in [4.69, 9.17) is 16.7 Å². The molecule has 0 saturated heterocycles.